The fraction of sp³-hybridized carbons (Fsp3) is 0.630. The fourth-order valence-corrected chi connectivity index (χ4v) is 7.56. The number of benzene rings is 1. The number of carbonyl (C=O) groups is 4. The zero-order valence-corrected chi connectivity index (χ0v) is 21.2. The number of phenols is 1. The van der Waals surface area contributed by atoms with Crippen LogP contribution >= 0.6 is 0 Å². The van der Waals surface area contributed by atoms with Gasteiger partial charge >= 0.3 is 11.9 Å². The molecule has 1 N–H and O–H groups in total. The third-order valence-electron chi connectivity index (χ3n) is 9.02. The summed E-state index contributed by atoms with van der Waals surface area (Å²) in [6.07, 6.45) is 2.22. The smallest absolute Gasteiger partial charge is 0.303 e. The van der Waals surface area contributed by atoms with Crippen molar-refractivity contribution in [3.8, 4) is 11.5 Å². The van der Waals surface area contributed by atoms with Crippen LogP contribution in [0.15, 0.2) is 6.07 Å². The lowest BCUT2D eigenvalue weighted by Crippen LogP contribution is -2.70. The number of esters is 2. The van der Waals surface area contributed by atoms with E-state index in [1.807, 2.05) is 13.8 Å². The van der Waals surface area contributed by atoms with Gasteiger partial charge in [0.15, 0.2) is 12.6 Å². The molecule has 1 spiro atoms. The first-order chi connectivity index (χ1) is 16.3. The quantitative estimate of drug-likeness (QED) is 0.501. The molecule has 0 amide bonds. The van der Waals surface area contributed by atoms with E-state index in [0.717, 1.165) is 12.8 Å². The van der Waals surface area contributed by atoms with Crippen LogP contribution in [0, 0.1) is 22.7 Å². The van der Waals surface area contributed by atoms with E-state index >= 15 is 0 Å². The van der Waals surface area contributed by atoms with Crippen LogP contribution in [0.2, 0.25) is 0 Å². The van der Waals surface area contributed by atoms with Crippen LogP contribution in [0.25, 0.3) is 0 Å². The van der Waals surface area contributed by atoms with Crippen LogP contribution < -0.4 is 4.74 Å². The molecule has 4 rings (SSSR count). The fourth-order valence-electron chi connectivity index (χ4n) is 7.56. The van der Waals surface area contributed by atoms with Crippen molar-refractivity contribution >= 4 is 24.5 Å². The SMILES string of the molecule is CC(=O)OC1CC2(C)C(CCC(C)C23Cc2c(O)cc(C=O)c(C=O)c2O3)C(C)(C)C1OC(C)=O. The molecule has 0 saturated heterocycles. The van der Waals surface area contributed by atoms with E-state index in [-0.39, 0.29) is 34.5 Å². The first kappa shape index (κ1) is 25.2. The molecule has 0 bridgehead atoms. The molecule has 2 aliphatic carbocycles. The Kier molecular flexibility index (Phi) is 6.01. The molecule has 190 valence electrons. The number of ether oxygens (including phenoxy) is 3. The normalized spacial score (nSPS) is 34.8. The number of aldehydes is 2. The molecule has 1 aliphatic heterocycles. The number of aromatic hydroxyl groups is 1. The lowest BCUT2D eigenvalue weighted by molar-refractivity contribution is -0.251. The molecule has 6 atom stereocenters. The van der Waals surface area contributed by atoms with Gasteiger partial charge in [-0.25, -0.2) is 0 Å². The first-order valence-electron chi connectivity index (χ1n) is 12.1. The van der Waals surface area contributed by atoms with Gasteiger partial charge in [0, 0.05) is 42.2 Å². The van der Waals surface area contributed by atoms with Crippen molar-refractivity contribution in [2.45, 2.75) is 85.0 Å². The van der Waals surface area contributed by atoms with Gasteiger partial charge in [-0.1, -0.05) is 27.7 Å². The van der Waals surface area contributed by atoms with Crippen molar-refractivity contribution < 1.29 is 38.5 Å². The highest BCUT2D eigenvalue weighted by Gasteiger charge is 2.70. The minimum Gasteiger partial charge on any atom is -0.508 e. The average molecular weight is 487 g/mol. The minimum atomic E-state index is -0.828. The lowest BCUT2D eigenvalue weighted by atomic mass is 9.43. The third kappa shape index (κ3) is 3.55. The maximum atomic E-state index is 12.1. The van der Waals surface area contributed by atoms with E-state index < -0.39 is 40.6 Å². The van der Waals surface area contributed by atoms with Crippen LogP contribution in [0.3, 0.4) is 0 Å². The summed E-state index contributed by atoms with van der Waals surface area (Å²) in [6, 6.07) is 1.31. The first-order valence-corrected chi connectivity index (χ1v) is 12.1. The van der Waals surface area contributed by atoms with Crippen LogP contribution in [-0.2, 0) is 25.5 Å². The van der Waals surface area contributed by atoms with E-state index in [1.165, 1.54) is 19.9 Å². The van der Waals surface area contributed by atoms with Crippen molar-refractivity contribution in [2.75, 3.05) is 0 Å². The summed E-state index contributed by atoms with van der Waals surface area (Å²) in [7, 11) is 0. The van der Waals surface area contributed by atoms with Crippen LogP contribution in [0.1, 0.15) is 87.1 Å². The van der Waals surface area contributed by atoms with Crippen molar-refractivity contribution in [2.24, 2.45) is 22.7 Å². The Morgan fingerprint density at radius 3 is 2.31 bits per heavy atom. The maximum absolute atomic E-state index is 12.1. The third-order valence-corrected chi connectivity index (χ3v) is 9.02. The molecule has 1 aromatic carbocycles. The molecule has 0 radical (unpaired) electrons. The highest BCUT2D eigenvalue weighted by Crippen LogP contribution is 2.67. The van der Waals surface area contributed by atoms with Gasteiger partial charge in [-0.05, 0) is 37.2 Å². The van der Waals surface area contributed by atoms with Gasteiger partial charge in [0.05, 0.1) is 5.56 Å². The Bertz CT molecular complexity index is 1090. The molecule has 2 saturated carbocycles. The maximum Gasteiger partial charge on any atom is 0.303 e. The Morgan fingerprint density at radius 2 is 1.74 bits per heavy atom. The van der Waals surface area contributed by atoms with E-state index in [0.29, 0.717) is 31.0 Å². The topological polar surface area (TPSA) is 116 Å². The molecule has 3 aliphatic rings. The molecule has 2 fully saturated rings. The predicted molar refractivity (Wildman–Crippen MR) is 125 cm³/mol. The average Bonchev–Trinajstić information content (AvgIpc) is 3.17. The predicted octanol–water partition coefficient (Wildman–Crippen LogP) is 4.04. The lowest BCUT2D eigenvalue weighted by Gasteiger charge is -2.65. The van der Waals surface area contributed by atoms with Crippen molar-refractivity contribution in [1.82, 2.24) is 0 Å². The van der Waals surface area contributed by atoms with Gasteiger partial charge < -0.3 is 19.3 Å². The molecule has 8 nitrogen and oxygen atoms in total. The summed E-state index contributed by atoms with van der Waals surface area (Å²) >= 11 is 0. The molecule has 6 unspecified atom stereocenters. The number of rotatable bonds is 4. The summed E-state index contributed by atoms with van der Waals surface area (Å²) < 4.78 is 18.2. The highest BCUT2D eigenvalue weighted by atomic mass is 16.6. The second kappa shape index (κ2) is 8.35. The molecule has 35 heavy (non-hydrogen) atoms. The van der Waals surface area contributed by atoms with E-state index in [4.69, 9.17) is 14.2 Å². The number of fused-ring (bicyclic) bond motifs is 3. The van der Waals surface area contributed by atoms with Crippen LogP contribution in [-0.4, -0.2) is 47.4 Å². The summed E-state index contributed by atoms with van der Waals surface area (Å²) in [5, 5.41) is 10.8. The molecular formula is C27H34O8. The second-order valence-electron chi connectivity index (χ2n) is 11.3. The van der Waals surface area contributed by atoms with Gasteiger partial charge in [0.2, 0.25) is 0 Å². The zero-order valence-electron chi connectivity index (χ0n) is 21.2. The van der Waals surface area contributed by atoms with Crippen molar-refractivity contribution in [3.63, 3.8) is 0 Å². The largest absolute Gasteiger partial charge is 0.508 e. The Balaban J connectivity index is 1.88. The minimum absolute atomic E-state index is 0.0176. The van der Waals surface area contributed by atoms with Gasteiger partial charge in [-0.3, -0.25) is 19.2 Å². The molecule has 0 aromatic heterocycles. The van der Waals surface area contributed by atoms with E-state index in [1.54, 1.807) is 0 Å². The molecule has 8 heteroatoms. The highest BCUT2D eigenvalue weighted by molar-refractivity contribution is 5.95. The number of hydrogen-bond donors (Lipinski definition) is 1. The summed E-state index contributed by atoms with van der Waals surface area (Å²) in [4.78, 5) is 47.7. The molecular weight excluding hydrogens is 452 g/mol. The van der Waals surface area contributed by atoms with Crippen LogP contribution in [0.4, 0.5) is 0 Å². The monoisotopic (exact) mass is 486 g/mol. The summed E-state index contributed by atoms with van der Waals surface area (Å²) in [5.74, 6) is -0.672. The van der Waals surface area contributed by atoms with Crippen LogP contribution in [0.5, 0.6) is 11.5 Å². The van der Waals surface area contributed by atoms with Gasteiger partial charge in [0.25, 0.3) is 0 Å². The second-order valence-corrected chi connectivity index (χ2v) is 11.3. The Labute approximate surface area is 205 Å². The van der Waals surface area contributed by atoms with Gasteiger partial charge in [-0.15, -0.1) is 0 Å². The van der Waals surface area contributed by atoms with Crippen molar-refractivity contribution in [3.05, 3.63) is 22.8 Å². The molecule has 1 heterocycles. The van der Waals surface area contributed by atoms with Gasteiger partial charge in [0.1, 0.15) is 29.3 Å². The number of carbonyl (C=O) groups excluding carboxylic acids is 4. The number of phenolic OH excluding ortho intramolecular Hbond substituents is 1. The van der Waals surface area contributed by atoms with E-state index in [9.17, 15) is 24.3 Å². The van der Waals surface area contributed by atoms with E-state index in [2.05, 4.69) is 13.8 Å². The standard InChI is InChI=1S/C27H34O8/c1-14-7-8-22-25(4,5)24(34-16(3)31)21(33-15(2)30)11-26(22,6)27(14)10-18-20(32)9-17(12-28)19(13-29)23(18)35-27/h9,12-14,21-22,24,32H,7-8,10-11H2,1-6H3. The number of hydrogen-bond acceptors (Lipinski definition) is 8. The molecule has 1 aromatic rings. The Hall–Kier alpha value is -2.90. The van der Waals surface area contributed by atoms with Gasteiger partial charge in [-0.2, -0.15) is 0 Å². The summed E-state index contributed by atoms with van der Waals surface area (Å²) in [5.41, 5.74) is -1.24. The Morgan fingerprint density at radius 1 is 1.09 bits per heavy atom. The zero-order chi connectivity index (χ0) is 25.9. The van der Waals surface area contributed by atoms with Crippen molar-refractivity contribution in [1.29, 1.82) is 0 Å². The summed E-state index contributed by atoms with van der Waals surface area (Å²) in [6.45, 7) is 11.0.